The molecule has 1 aromatic carbocycles. The molecule has 0 heterocycles. The van der Waals surface area contributed by atoms with E-state index in [4.69, 9.17) is 0 Å². The Kier molecular flexibility index (Phi) is 4.48. The van der Waals surface area contributed by atoms with Gasteiger partial charge in [-0.2, -0.15) is 39.5 Å². The largest absolute Gasteiger partial charge is 0.416 e. The van der Waals surface area contributed by atoms with Gasteiger partial charge in [-0.3, -0.25) is 0 Å². The molecule has 22 heavy (non-hydrogen) atoms. The molecule has 1 unspecified atom stereocenters. The van der Waals surface area contributed by atoms with Crippen molar-refractivity contribution in [2.75, 3.05) is 0 Å². The number of halogens is 10. The van der Waals surface area contributed by atoms with Crippen molar-refractivity contribution in [3.63, 3.8) is 0 Å². The van der Waals surface area contributed by atoms with Gasteiger partial charge in [-0.1, -0.05) is 12.1 Å². The lowest BCUT2D eigenvalue weighted by molar-refractivity contribution is -0.353. The van der Waals surface area contributed by atoms with Gasteiger partial charge in [-0.05, 0) is 24.6 Å². The molecular formula is C12H8F10. The lowest BCUT2D eigenvalue weighted by Gasteiger charge is -2.36. The SMILES string of the molecule is CC(C(F)c1cccc(C(F)(F)F)c1)(C(F)(F)F)C(F)(F)F. The normalized spacial score (nSPS) is 15.8. The summed E-state index contributed by atoms with van der Waals surface area (Å²) in [6.07, 6.45) is -20.9. The summed E-state index contributed by atoms with van der Waals surface area (Å²) in [5, 5.41) is 0. The second-order valence-electron chi connectivity index (χ2n) is 4.68. The fraction of sp³-hybridized carbons (Fsp3) is 0.500. The Balaban J connectivity index is 3.42. The van der Waals surface area contributed by atoms with Crippen LogP contribution < -0.4 is 0 Å². The Morgan fingerprint density at radius 2 is 1.27 bits per heavy atom. The van der Waals surface area contributed by atoms with Crippen molar-refractivity contribution in [1.29, 1.82) is 0 Å². The fourth-order valence-corrected chi connectivity index (χ4v) is 1.65. The monoisotopic (exact) mass is 342 g/mol. The highest BCUT2D eigenvalue weighted by Crippen LogP contribution is 2.58. The first-order valence-corrected chi connectivity index (χ1v) is 5.57. The van der Waals surface area contributed by atoms with Gasteiger partial charge < -0.3 is 0 Å². The summed E-state index contributed by atoms with van der Waals surface area (Å²) in [6, 6.07) is 1.32. The number of benzene rings is 1. The lowest BCUT2D eigenvalue weighted by atomic mass is 9.80. The second kappa shape index (κ2) is 5.31. The van der Waals surface area contributed by atoms with Crippen molar-refractivity contribution >= 4 is 0 Å². The van der Waals surface area contributed by atoms with Gasteiger partial charge in [0.15, 0.2) is 5.41 Å². The van der Waals surface area contributed by atoms with Crippen LogP contribution in [0.25, 0.3) is 0 Å². The minimum Gasteiger partial charge on any atom is -0.241 e. The van der Waals surface area contributed by atoms with E-state index in [1.54, 1.807) is 0 Å². The van der Waals surface area contributed by atoms with Gasteiger partial charge in [0.1, 0.15) is 6.17 Å². The molecule has 10 heteroatoms. The third-order valence-electron chi connectivity index (χ3n) is 3.19. The van der Waals surface area contributed by atoms with Crippen LogP contribution in [0.4, 0.5) is 43.9 Å². The molecule has 126 valence electrons. The van der Waals surface area contributed by atoms with Crippen LogP contribution in [0.1, 0.15) is 24.2 Å². The van der Waals surface area contributed by atoms with Gasteiger partial charge in [0.05, 0.1) is 5.56 Å². The van der Waals surface area contributed by atoms with Gasteiger partial charge in [-0.25, -0.2) is 4.39 Å². The van der Waals surface area contributed by atoms with Gasteiger partial charge in [0.2, 0.25) is 0 Å². The highest BCUT2D eigenvalue weighted by atomic mass is 19.4. The van der Waals surface area contributed by atoms with E-state index in [9.17, 15) is 43.9 Å². The van der Waals surface area contributed by atoms with Gasteiger partial charge >= 0.3 is 18.5 Å². The second-order valence-corrected chi connectivity index (χ2v) is 4.68. The standard InChI is InChI=1S/C12H8F10/c1-9(11(17,18)19,12(20,21)22)8(13)6-3-2-4-7(5-6)10(14,15)16/h2-5,8H,1H3. The van der Waals surface area contributed by atoms with Crippen LogP contribution in [-0.2, 0) is 6.18 Å². The third-order valence-corrected chi connectivity index (χ3v) is 3.19. The molecule has 0 spiro atoms. The zero-order valence-corrected chi connectivity index (χ0v) is 10.7. The summed E-state index contributed by atoms with van der Waals surface area (Å²) < 4.78 is 127. The fourth-order valence-electron chi connectivity index (χ4n) is 1.65. The molecule has 0 fully saturated rings. The molecule has 1 atom stereocenters. The van der Waals surface area contributed by atoms with Crippen molar-refractivity contribution in [3.05, 3.63) is 35.4 Å². The summed E-state index contributed by atoms with van der Waals surface area (Å²) >= 11 is 0. The highest BCUT2D eigenvalue weighted by molar-refractivity contribution is 5.29. The average molecular weight is 342 g/mol. The first kappa shape index (κ1) is 18.6. The summed E-state index contributed by atoms with van der Waals surface area (Å²) in [7, 11) is 0. The molecule has 0 amide bonds. The maximum Gasteiger partial charge on any atom is 0.416 e. The minimum atomic E-state index is -6.04. The maximum absolute atomic E-state index is 13.9. The van der Waals surface area contributed by atoms with Crippen molar-refractivity contribution in [2.24, 2.45) is 5.41 Å². The Morgan fingerprint density at radius 3 is 1.64 bits per heavy atom. The summed E-state index contributed by atoms with van der Waals surface area (Å²) in [5.74, 6) is 0. The van der Waals surface area contributed by atoms with Crippen LogP contribution in [-0.4, -0.2) is 12.4 Å². The van der Waals surface area contributed by atoms with Gasteiger partial charge in [-0.15, -0.1) is 0 Å². The van der Waals surface area contributed by atoms with E-state index in [2.05, 4.69) is 0 Å². The van der Waals surface area contributed by atoms with Gasteiger partial charge in [0.25, 0.3) is 0 Å². The molecule has 0 bridgehead atoms. The molecule has 0 nitrogen and oxygen atoms in total. The van der Waals surface area contributed by atoms with Crippen molar-refractivity contribution in [3.8, 4) is 0 Å². The van der Waals surface area contributed by atoms with E-state index < -0.39 is 48.2 Å². The predicted molar refractivity (Wildman–Crippen MR) is 55.5 cm³/mol. The molecule has 0 aliphatic heterocycles. The van der Waals surface area contributed by atoms with Crippen LogP contribution in [0, 0.1) is 5.41 Å². The molecule has 0 N–H and O–H groups in total. The number of rotatable bonds is 2. The third kappa shape index (κ3) is 3.14. The average Bonchev–Trinajstić information content (AvgIpc) is 2.33. The van der Waals surface area contributed by atoms with Crippen LogP contribution in [0.3, 0.4) is 0 Å². The summed E-state index contributed by atoms with van der Waals surface area (Å²) in [5.41, 5.74) is -7.73. The number of hydrogen-bond acceptors (Lipinski definition) is 0. The molecule has 0 aromatic heterocycles. The number of hydrogen-bond donors (Lipinski definition) is 0. The van der Waals surface area contributed by atoms with Crippen molar-refractivity contribution < 1.29 is 43.9 Å². The molecule has 0 aliphatic carbocycles. The quantitative estimate of drug-likeness (QED) is 0.592. The molecule has 0 saturated carbocycles. The first-order chi connectivity index (χ1) is 9.62. The van der Waals surface area contributed by atoms with E-state index in [-0.39, 0.29) is 6.07 Å². The van der Waals surface area contributed by atoms with E-state index in [1.807, 2.05) is 0 Å². The number of alkyl halides is 10. The lowest BCUT2D eigenvalue weighted by Crippen LogP contribution is -2.50. The molecule has 1 aromatic rings. The molecule has 0 saturated heterocycles. The molecular weight excluding hydrogens is 334 g/mol. The van der Waals surface area contributed by atoms with Crippen molar-refractivity contribution in [1.82, 2.24) is 0 Å². The Bertz CT molecular complexity index is 508. The maximum atomic E-state index is 13.9. The van der Waals surface area contributed by atoms with E-state index in [1.165, 1.54) is 0 Å². The predicted octanol–water partition coefficient (Wildman–Crippen LogP) is 5.85. The van der Waals surface area contributed by atoms with E-state index in [0.717, 1.165) is 0 Å². The Hall–Kier alpha value is -1.48. The Labute approximate surface area is 117 Å². The smallest absolute Gasteiger partial charge is 0.241 e. The van der Waals surface area contributed by atoms with Crippen molar-refractivity contribution in [2.45, 2.75) is 31.6 Å². The van der Waals surface area contributed by atoms with Gasteiger partial charge in [0, 0.05) is 0 Å². The highest BCUT2D eigenvalue weighted by Gasteiger charge is 2.72. The Morgan fingerprint density at radius 1 is 0.818 bits per heavy atom. The molecule has 0 radical (unpaired) electrons. The van der Waals surface area contributed by atoms with E-state index >= 15 is 0 Å². The van der Waals surface area contributed by atoms with E-state index in [0.29, 0.717) is 18.2 Å². The first-order valence-electron chi connectivity index (χ1n) is 5.57. The topological polar surface area (TPSA) is 0 Å². The van der Waals surface area contributed by atoms with Crippen LogP contribution in [0.5, 0.6) is 0 Å². The minimum absolute atomic E-state index is 0.0691. The summed E-state index contributed by atoms with van der Waals surface area (Å²) in [4.78, 5) is 0. The zero-order chi connectivity index (χ0) is 17.6. The summed E-state index contributed by atoms with van der Waals surface area (Å²) in [6.45, 7) is -0.433. The van der Waals surface area contributed by atoms with Crippen LogP contribution in [0.15, 0.2) is 24.3 Å². The molecule has 1 rings (SSSR count). The van der Waals surface area contributed by atoms with Crippen LogP contribution >= 0.6 is 0 Å². The van der Waals surface area contributed by atoms with Crippen LogP contribution in [0.2, 0.25) is 0 Å². The molecule has 0 aliphatic rings. The zero-order valence-electron chi connectivity index (χ0n) is 10.7.